The van der Waals surface area contributed by atoms with Crippen LogP contribution in [0.25, 0.3) is 10.9 Å². The molecule has 0 unspecified atom stereocenters. The summed E-state index contributed by atoms with van der Waals surface area (Å²) >= 11 is 0. The second-order valence-electron chi connectivity index (χ2n) is 9.19. The van der Waals surface area contributed by atoms with Gasteiger partial charge in [-0.2, -0.15) is 0 Å². The number of rotatable bonds is 6. The van der Waals surface area contributed by atoms with Gasteiger partial charge in [-0.15, -0.1) is 0 Å². The third-order valence-electron chi connectivity index (χ3n) is 6.70. The summed E-state index contributed by atoms with van der Waals surface area (Å²) in [5.41, 5.74) is 1.37. The molecule has 0 aliphatic carbocycles. The highest BCUT2D eigenvalue weighted by atomic mass is 32.2. The second-order valence-corrected chi connectivity index (χ2v) is 10.8. The highest BCUT2D eigenvalue weighted by Crippen LogP contribution is 2.24. The lowest BCUT2D eigenvalue weighted by Gasteiger charge is -2.37. The van der Waals surface area contributed by atoms with Gasteiger partial charge in [0.1, 0.15) is 4.90 Å². The van der Waals surface area contributed by atoms with E-state index in [1.165, 1.54) is 12.5 Å². The number of benzene rings is 2. The number of fused-ring (bicyclic) bond motifs is 1. The molecule has 9 heteroatoms. The Kier molecular flexibility index (Phi) is 6.99. The molecule has 0 radical (unpaired) electrons. The molecular weight excluding hydrogens is 464 g/mol. The van der Waals surface area contributed by atoms with E-state index in [-0.39, 0.29) is 10.8 Å². The van der Waals surface area contributed by atoms with Crippen LogP contribution >= 0.6 is 0 Å². The molecule has 3 heterocycles. The van der Waals surface area contributed by atoms with Crippen LogP contribution < -0.4 is 4.72 Å². The Morgan fingerprint density at radius 1 is 1.03 bits per heavy atom. The number of aromatic nitrogens is 1. The lowest BCUT2D eigenvalue weighted by atomic mass is 10.0. The van der Waals surface area contributed by atoms with E-state index in [1.807, 2.05) is 17.0 Å². The maximum atomic E-state index is 13.0. The highest BCUT2D eigenvalue weighted by Gasteiger charge is 2.25. The number of para-hydroxylation sites is 1. The predicted octanol–water partition coefficient (Wildman–Crippen LogP) is 3.22. The van der Waals surface area contributed by atoms with Gasteiger partial charge in [-0.1, -0.05) is 18.2 Å². The topological polar surface area (TPSA) is 91.8 Å². The average molecular weight is 495 g/mol. The van der Waals surface area contributed by atoms with Crippen molar-refractivity contribution < 1.29 is 17.9 Å². The van der Waals surface area contributed by atoms with Crippen molar-refractivity contribution in [1.82, 2.24) is 14.8 Å². The van der Waals surface area contributed by atoms with Crippen LogP contribution in [-0.4, -0.2) is 75.0 Å². The van der Waals surface area contributed by atoms with Crippen molar-refractivity contribution in [1.29, 1.82) is 0 Å². The molecule has 184 valence electrons. The quantitative estimate of drug-likeness (QED) is 0.566. The Hall–Kier alpha value is -3.01. The number of pyridine rings is 1. The third kappa shape index (κ3) is 5.47. The molecule has 2 fully saturated rings. The first kappa shape index (κ1) is 23.7. The molecule has 2 saturated heterocycles. The molecule has 3 aromatic rings. The van der Waals surface area contributed by atoms with Crippen molar-refractivity contribution in [3.63, 3.8) is 0 Å². The van der Waals surface area contributed by atoms with E-state index in [0.29, 0.717) is 35.8 Å². The van der Waals surface area contributed by atoms with Crippen molar-refractivity contribution in [2.24, 2.45) is 5.92 Å². The number of amides is 1. The minimum absolute atomic E-state index is 0.0293. The molecule has 35 heavy (non-hydrogen) atoms. The Labute approximate surface area is 205 Å². The number of carbonyl (C=O) groups excluding carboxylic acids is 1. The standard InChI is InChI=1S/C26H30N4O4S/c31-26(30-15-13-29(14-16-30)18-20-4-3-17-34-19-20)22-8-10-23(11-9-22)28-35(32,33)24-7-1-5-21-6-2-12-27-25(21)24/h1-2,5-12,20,28H,3-4,13-19H2/t20-/m1/s1. The lowest BCUT2D eigenvalue weighted by molar-refractivity contribution is 0.0274. The van der Waals surface area contributed by atoms with Crippen molar-refractivity contribution in [3.05, 3.63) is 66.4 Å². The molecule has 2 aromatic carbocycles. The number of hydrogen-bond donors (Lipinski definition) is 1. The van der Waals surface area contributed by atoms with Gasteiger partial charge in [-0.25, -0.2) is 8.42 Å². The number of hydrogen-bond acceptors (Lipinski definition) is 6. The van der Waals surface area contributed by atoms with Gasteiger partial charge in [-0.05, 0) is 55.2 Å². The molecule has 5 rings (SSSR count). The minimum atomic E-state index is -3.83. The first-order valence-electron chi connectivity index (χ1n) is 12.1. The molecule has 8 nitrogen and oxygen atoms in total. The molecular formula is C26H30N4O4S. The molecule has 1 amide bonds. The predicted molar refractivity (Wildman–Crippen MR) is 135 cm³/mol. The first-order chi connectivity index (χ1) is 17.0. The summed E-state index contributed by atoms with van der Waals surface area (Å²) in [5, 5.41) is 0.753. The molecule has 2 aliphatic rings. The van der Waals surface area contributed by atoms with Crippen LogP contribution in [0.1, 0.15) is 23.2 Å². The van der Waals surface area contributed by atoms with Crippen LogP contribution in [0.3, 0.4) is 0 Å². The summed E-state index contributed by atoms with van der Waals surface area (Å²) < 4.78 is 34.2. The Morgan fingerprint density at radius 3 is 2.54 bits per heavy atom. The van der Waals surface area contributed by atoms with Gasteiger partial charge in [0.25, 0.3) is 15.9 Å². The first-order valence-corrected chi connectivity index (χ1v) is 13.5. The van der Waals surface area contributed by atoms with E-state index < -0.39 is 10.0 Å². The summed E-state index contributed by atoms with van der Waals surface area (Å²) in [5.74, 6) is 0.560. The fourth-order valence-corrected chi connectivity index (χ4v) is 6.06. The van der Waals surface area contributed by atoms with E-state index in [9.17, 15) is 13.2 Å². The number of nitrogens with one attached hydrogen (secondary N) is 1. The van der Waals surface area contributed by atoms with Crippen molar-refractivity contribution in [2.45, 2.75) is 17.7 Å². The molecule has 2 aliphatic heterocycles. The van der Waals surface area contributed by atoms with Crippen LogP contribution in [0.4, 0.5) is 5.69 Å². The Balaban J connectivity index is 1.20. The van der Waals surface area contributed by atoms with Gasteiger partial charge >= 0.3 is 0 Å². The van der Waals surface area contributed by atoms with Gasteiger partial charge in [0.05, 0.1) is 12.1 Å². The summed E-state index contributed by atoms with van der Waals surface area (Å²) in [6.07, 6.45) is 3.92. The van der Waals surface area contributed by atoms with Crippen LogP contribution in [0, 0.1) is 5.92 Å². The maximum Gasteiger partial charge on any atom is 0.264 e. The summed E-state index contributed by atoms with van der Waals surface area (Å²) in [4.78, 5) is 21.6. The lowest BCUT2D eigenvalue weighted by Crippen LogP contribution is -2.50. The van der Waals surface area contributed by atoms with E-state index >= 15 is 0 Å². The SMILES string of the molecule is O=C(c1ccc(NS(=O)(=O)c2cccc3cccnc23)cc1)N1CCN(C[C@H]2CCCOC2)CC1. The molecule has 0 spiro atoms. The van der Waals surface area contributed by atoms with E-state index in [0.717, 1.165) is 44.7 Å². The van der Waals surface area contributed by atoms with Gasteiger partial charge in [0.15, 0.2) is 0 Å². The van der Waals surface area contributed by atoms with Crippen molar-refractivity contribution >= 4 is 32.5 Å². The van der Waals surface area contributed by atoms with Crippen molar-refractivity contribution in [3.8, 4) is 0 Å². The summed E-state index contributed by atoms with van der Waals surface area (Å²) in [6.45, 7) is 5.84. The fourth-order valence-electron chi connectivity index (χ4n) is 4.82. The number of carbonyl (C=O) groups is 1. The molecule has 1 aromatic heterocycles. The monoisotopic (exact) mass is 494 g/mol. The van der Waals surface area contributed by atoms with Gasteiger partial charge in [0, 0.05) is 62.2 Å². The van der Waals surface area contributed by atoms with E-state index in [1.54, 1.807) is 42.6 Å². The average Bonchev–Trinajstić information content (AvgIpc) is 2.89. The largest absolute Gasteiger partial charge is 0.381 e. The van der Waals surface area contributed by atoms with Crippen LogP contribution in [-0.2, 0) is 14.8 Å². The summed E-state index contributed by atoms with van der Waals surface area (Å²) in [7, 11) is -3.83. The van der Waals surface area contributed by atoms with Crippen LogP contribution in [0.5, 0.6) is 0 Å². The highest BCUT2D eigenvalue weighted by molar-refractivity contribution is 7.93. The summed E-state index contributed by atoms with van der Waals surface area (Å²) in [6, 6.07) is 15.3. The van der Waals surface area contributed by atoms with E-state index in [2.05, 4.69) is 14.6 Å². The number of piperazine rings is 1. The van der Waals surface area contributed by atoms with Crippen molar-refractivity contribution in [2.75, 3.05) is 50.7 Å². The van der Waals surface area contributed by atoms with Gasteiger partial charge < -0.3 is 9.64 Å². The van der Waals surface area contributed by atoms with Crippen LogP contribution in [0.2, 0.25) is 0 Å². The van der Waals surface area contributed by atoms with Crippen LogP contribution in [0.15, 0.2) is 65.7 Å². The normalized spacial score (nSPS) is 19.5. The Morgan fingerprint density at radius 2 is 1.80 bits per heavy atom. The second kappa shape index (κ2) is 10.3. The van der Waals surface area contributed by atoms with E-state index in [4.69, 9.17) is 4.74 Å². The fraction of sp³-hybridized carbons (Fsp3) is 0.385. The number of sulfonamides is 1. The maximum absolute atomic E-state index is 13.0. The minimum Gasteiger partial charge on any atom is -0.381 e. The van der Waals surface area contributed by atoms with Gasteiger partial charge in [-0.3, -0.25) is 19.4 Å². The molecule has 1 atom stereocenters. The smallest absolute Gasteiger partial charge is 0.264 e. The molecule has 0 bridgehead atoms. The zero-order valence-corrected chi connectivity index (χ0v) is 20.4. The zero-order valence-electron chi connectivity index (χ0n) is 19.6. The Bertz CT molecular complexity index is 1280. The molecule has 1 N–H and O–H groups in total. The zero-order chi connectivity index (χ0) is 24.3. The van der Waals surface area contributed by atoms with Gasteiger partial charge in [0.2, 0.25) is 0 Å². The number of anilines is 1. The number of nitrogens with zero attached hydrogens (tertiary/aromatic N) is 3. The third-order valence-corrected chi connectivity index (χ3v) is 8.11. The molecule has 0 saturated carbocycles. The number of ether oxygens (including phenoxy) is 1.